The number of thiazole rings is 1. The van der Waals surface area contributed by atoms with E-state index in [9.17, 15) is 22.4 Å². The number of hydrogen-bond acceptors (Lipinski definition) is 6. The number of halogens is 4. The fraction of sp³-hybridized carbons (Fsp3) is 0.385. The van der Waals surface area contributed by atoms with Crippen LogP contribution in [-0.2, 0) is 16.2 Å². The summed E-state index contributed by atoms with van der Waals surface area (Å²) in [6.07, 6.45) is 1.17. The summed E-state index contributed by atoms with van der Waals surface area (Å²) in [7, 11) is 0. The molecule has 1 aromatic carbocycles. The smallest absolute Gasteiger partial charge is 0.282 e. The predicted molar refractivity (Wildman–Crippen MR) is 132 cm³/mol. The third kappa shape index (κ3) is 5.29. The zero-order chi connectivity index (χ0) is 26.8. The molecule has 5 rings (SSSR count). The molecular formula is C26H23F4N5O2S. The van der Waals surface area contributed by atoms with Crippen LogP contribution in [0.4, 0.5) is 17.6 Å². The summed E-state index contributed by atoms with van der Waals surface area (Å²) >= 11 is 1.52. The number of likely N-dealkylation sites (tertiary alicyclic amines) is 1. The van der Waals surface area contributed by atoms with Gasteiger partial charge in [-0.3, -0.25) is 9.48 Å². The van der Waals surface area contributed by atoms with Crippen molar-refractivity contribution in [1.29, 1.82) is 0 Å². The van der Waals surface area contributed by atoms with Crippen LogP contribution in [0.15, 0.2) is 40.9 Å². The summed E-state index contributed by atoms with van der Waals surface area (Å²) in [5.74, 6) is 2.36. The van der Waals surface area contributed by atoms with Crippen molar-refractivity contribution in [2.75, 3.05) is 13.1 Å². The van der Waals surface area contributed by atoms with E-state index < -0.39 is 36.7 Å². The number of amides is 1. The molecule has 2 aliphatic rings. The summed E-state index contributed by atoms with van der Waals surface area (Å²) in [6, 6.07) is 8.22. The van der Waals surface area contributed by atoms with Gasteiger partial charge in [-0.05, 0) is 25.0 Å². The van der Waals surface area contributed by atoms with Gasteiger partial charge in [0.1, 0.15) is 23.6 Å². The molecule has 0 radical (unpaired) electrons. The van der Waals surface area contributed by atoms with Crippen molar-refractivity contribution >= 4 is 23.0 Å². The first-order chi connectivity index (χ1) is 18.3. The van der Waals surface area contributed by atoms with E-state index in [0.29, 0.717) is 43.1 Å². The summed E-state index contributed by atoms with van der Waals surface area (Å²) in [4.78, 5) is 24.7. The average molecular weight is 546 g/mol. The molecule has 2 aliphatic heterocycles. The molecular weight excluding hydrogens is 522 g/mol. The summed E-state index contributed by atoms with van der Waals surface area (Å²) in [6.45, 7) is 0.295. The molecule has 4 heterocycles. The fourth-order valence-corrected chi connectivity index (χ4v) is 5.68. The maximum atomic E-state index is 13.2. The minimum atomic E-state index is -3.01. The van der Waals surface area contributed by atoms with Gasteiger partial charge in [0.05, 0.1) is 10.7 Å². The second-order valence-electron chi connectivity index (χ2n) is 9.05. The van der Waals surface area contributed by atoms with Crippen molar-refractivity contribution in [3.8, 4) is 12.3 Å². The minimum absolute atomic E-state index is 0.130. The van der Waals surface area contributed by atoms with Crippen LogP contribution >= 0.6 is 11.3 Å². The van der Waals surface area contributed by atoms with Crippen molar-refractivity contribution < 1.29 is 27.2 Å². The van der Waals surface area contributed by atoms with Crippen LogP contribution < -0.4 is 0 Å². The Hall–Kier alpha value is -3.72. The minimum Gasteiger partial charge on any atom is -0.387 e. The van der Waals surface area contributed by atoms with E-state index in [1.807, 2.05) is 29.6 Å². The van der Waals surface area contributed by atoms with Crippen LogP contribution in [0.1, 0.15) is 77.4 Å². The second-order valence-corrected chi connectivity index (χ2v) is 9.94. The van der Waals surface area contributed by atoms with Crippen LogP contribution in [-0.4, -0.2) is 44.4 Å². The van der Waals surface area contributed by atoms with E-state index in [0.717, 1.165) is 27.5 Å². The van der Waals surface area contributed by atoms with E-state index >= 15 is 0 Å². The molecule has 0 bridgehead atoms. The molecule has 0 spiro atoms. The van der Waals surface area contributed by atoms with Gasteiger partial charge in [-0.2, -0.15) is 5.10 Å². The van der Waals surface area contributed by atoms with Gasteiger partial charge in [-0.15, -0.1) is 17.8 Å². The Labute approximate surface area is 220 Å². The Morgan fingerprint density at radius 3 is 2.66 bits per heavy atom. The highest BCUT2D eigenvalue weighted by atomic mass is 32.1. The second kappa shape index (κ2) is 10.9. The van der Waals surface area contributed by atoms with E-state index in [4.69, 9.17) is 16.2 Å². The van der Waals surface area contributed by atoms with Gasteiger partial charge >= 0.3 is 0 Å². The number of nitrogens with zero attached hydrogens (tertiary/aromatic N) is 5. The standard InChI is InChI=1S/C26H23F4N5O2S/c1-2-15-5-3-4-6-17(15)22-12-18(33-37-22)20-14-38-26(31-20)16-7-9-34(10-8-16)23(36)13-35-21(25(29)30)11-19(32-35)24(27)28/h1,3-6,11,14,16,22,24-25H,7-10,12-13H2. The molecule has 12 heteroatoms. The zero-order valence-electron chi connectivity index (χ0n) is 20.1. The van der Waals surface area contributed by atoms with E-state index in [-0.39, 0.29) is 12.0 Å². The summed E-state index contributed by atoms with van der Waals surface area (Å²) in [5, 5.41) is 10.6. The topological polar surface area (TPSA) is 72.6 Å². The van der Waals surface area contributed by atoms with Gasteiger partial charge in [-0.1, -0.05) is 29.3 Å². The van der Waals surface area contributed by atoms with Crippen molar-refractivity contribution in [1.82, 2.24) is 19.7 Å². The normalized spacial score (nSPS) is 18.1. The molecule has 1 saturated heterocycles. The van der Waals surface area contributed by atoms with Gasteiger partial charge in [-0.25, -0.2) is 22.5 Å². The van der Waals surface area contributed by atoms with Crippen molar-refractivity contribution in [2.45, 2.75) is 50.7 Å². The van der Waals surface area contributed by atoms with Crippen LogP contribution in [0.25, 0.3) is 0 Å². The van der Waals surface area contributed by atoms with Gasteiger partial charge in [0.15, 0.2) is 6.10 Å². The Bertz CT molecular complexity index is 1390. The van der Waals surface area contributed by atoms with Crippen LogP contribution in [0.5, 0.6) is 0 Å². The van der Waals surface area contributed by atoms with Crippen molar-refractivity contribution in [3.63, 3.8) is 0 Å². The monoisotopic (exact) mass is 545 g/mol. The molecule has 1 unspecified atom stereocenters. The van der Waals surface area contributed by atoms with E-state index in [1.54, 1.807) is 4.90 Å². The Morgan fingerprint density at radius 2 is 1.95 bits per heavy atom. The van der Waals surface area contributed by atoms with E-state index in [2.05, 4.69) is 16.2 Å². The Balaban J connectivity index is 1.17. The van der Waals surface area contributed by atoms with Crippen molar-refractivity contribution in [3.05, 3.63) is 68.9 Å². The van der Waals surface area contributed by atoms with Crippen LogP contribution in [0, 0.1) is 12.3 Å². The first-order valence-electron chi connectivity index (χ1n) is 12.0. The lowest BCUT2D eigenvalue weighted by molar-refractivity contribution is -0.133. The molecule has 38 heavy (non-hydrogen) atoms. The highest BCUT2D eigenvalue weighted by molar-refractivity contribution is 7.10. The molecule has 1 amide bonds. The predicted octanol–water partition coefficient (Wildman–Crippen LogP) is 5.47. The average Bonchev–Trinajstić information content (AvgIpc) is 3.68. The molecule has 0 saturated carbocycles. The first-order valence-corrected chi connectivity index (χ1v) is 12.9. The lowest BCUT2D eigenvalue weighted by Gasteiger charge is -2.31. The number of carbonyl (C=O) groups is 1. The number of oxime groups is 1. The molecule has 0 N–H and O–H groups in total. The number of piperidine rings is 1. The Kier molecular flexibility index (Phi) is 7.46. The number of terminal acetylenes is 1. The first kappa shape index (κ1) is 25.9. The van der Waals surface area contributed by atoms with Crippen LogP contribution in [0.2, 0.25) is 0 Å². The number of carbonyl (C=O) groups excluding carboxylic acids is 1. The number of hydrogen-bond donors (Lipinski definition) is 0. The highest BCUT2D eigenvalue weighted by Crippen LogP contribution is 2.35. The van der Waals surface area contributed by atoms with Gasteiger partial charge in [0.2, 0.25) is 5.91 Å². The van der Waals surface area contributed by atoms with Gasteiger partial charge < -0.3 is 9.74 Å². The third-order valence-electron chi connectivity index (χ3n) is 6.71. The SMILES string of the molecule is C#Cc1ccccc1C1CC(c2csc(C3CCN(C(=O)Cn4nc(C(F)F)cc4C(F)F)CC3)n2)=NO1. The molecule has 3 aromatic rings. The highest BCUT2D eigenvalue weighted by Gasteiger charge is 2.30. The van der Waals surface area contributed by atoms with Crippen LogP contribution in [0.3, 0.4) is 0 Å². The fourth-order valence-electron chi connectivity index (χ4n) is 4.68. The molecule has 1 atom stereocenters. The summed E-state index contributed by atoms with van der Waals surface area (Å²) < 4.78 is 52.9. The summed E-state index contributed by atoms with van der Waals surface area (Å²) in [5.41, 5.74) is 1.70. The number of aromatic nitrogens is 3. The van der Waals surface area contributed by atoms with Gasteiger partial charge in [0.25, 0.3) is 12.9 Å². The lowest BCUT2D eigenvalue weighted by atomic mass is 9.97. The maximum absolute atomic E-state index is 13.2. The van der Waals surface area contributed by atoms with Gasteiger partial charge in [0, 0.05) is 41.9 Å². The molecule has 1 fully saturated rings. The Morgan fingerprint density at radius 1 is 1.18 bits per heavy atom. The zero-order valence-corrected chi connectivity index (χ0v) is 20.9. The number of benzene rings is 1. The van der Waals surface area contributed by atoms with Crippen molar-refractivity contribution in [2.24, 2.45) is 5.16 Å². The molecule has 198 valence electrons. The number of alkyl halides is 4. The van der Waals surface area contributed by atoms with E-state index in [1.165, 1.54) is 11.3 Å². The quantitative estimate of drug-likeness (QED) is 0.292. The number of rotatable bonds is 7. The largest absolute Gasteiger partial charge is 0.387 e. The third-order valence-corrected chi connectivity index (χ3v) is 7.72. The molecule has 0 aliphatic carbocycles. The molecule has 2 aromatic heterocycles. The lowest BCUT2D eigenvalue weighted by Crippen LogP contribution is -2.40. The maximum Gasteiger partial charge on any atom is 0.282 e. The molecule has 7 nitrogen and oxygen atoms in total.